The van der Waals surface area contributed by atoms with E-state index in [1.165, 1.54) is 135 Å². The Labute approximate surface area is 329 Å². The molecule has 0 aliphatic heterocycles. The lowest BCUT2D eigenvalue weighted by Crippen LogP contribution is -2.45. The fraction of sp³-hybridized carbons (Fsp3) is 0.735. The molecule has 0 radical (unpaired) electrons. The third kappa shape index (κ3) is 40.8. The second kappa shape index (κ2) is 44.2. The summed E-state index contributed by atoms with van der Waals surface area (Å²) in [5, 5.41) is 23.0. The minimum absolute atomic E-state index is 0.0775. The van der Waals surface area contributed by atoms with Crippen LogP contribution in [0.4, 0.5) is 0 Å². The molecule has 2 unspecified atom stereocenters. The molecule has 3 N–H and O–H groups in total. The highest BCUT2D eigenvalue weighted by atomic mass is 16.3. The Bertz CT molecular complexity index is 930. The zero-order valence-corrected chi connectivity index (χ0v) is 35.0. The van der Waals surface area contributed by atoms with Gasteiger partial charge in [-0.15, -0.1) is 0 Å². The lowest BCUT2D eigenvalue weighted by molar-refractivity contribution is -0.123. The second-order valence-corrected chi connectivity index (χ2v) is 15.1. The number of carbonyl (C=O) groups is 1. The highest BCUT2D eigenvalue weighted by molar-refractivity contribution is 5.76. The van der Waals surface area contributed by atoms with E-state index in [1.807, 2.05) is 6.08 Å². The Morgan fingerprint density at radius 2 is 0.849 bits per heavy atom. The van der Waals surface area contributed by atoms with Crippen molar-refractivity contribution in [3.05, 3.63) is 72.9 Å². The fourth-order valence-electron chi connectivity index (χ4n) is 6.48. The summed E-state index contributed by atoms with van der Waals surface area (Å²) in [6, 6.07) is -0.641. The first-order chi connectivity index (χ1) is 26.2. The molecule has 0 aromatic carbocycles. The number of allylic oxidation sites excluding steroid dienone is 11. The summed E-state index contributed by atoms with van der Waals surface area (Å²) in [5.41, 5.74) is 0. The minimum atomic E-state index is -0.864. The molecule has 4 heteroatoms. The third-order valence-electron chi connectivity index (χ3n) is 9.92. The van der Waals surface area contributed by atoms with Crippen molar-refractivity contribution in [2.24, 2.45) is 0 Å². The van der Waals surface area contributed by atoms with E-state index in [-0.39, 0.29) is 12.5 Å². The van der Waals surface area contributed by atoms with Crippen molar-refractivity contribution in [1.82, 2.24) is 5.32 Å². The molecule has 0 spiro atoms. The molecular weight excluding hydrogens is 651 g/mol. The van der Waals surface area contributed by atoms with Crippen molar-refractivity contribution in [2.75, 3.05) is 6.61 Å². The van der Waals surface area contributed by atoms with Gasteiger partial charge in [-0.2, -0.15) is 0 Å². The van der Waals surface area contributed by atoms with E-state index >= 15 is 0 Å². The molecule has 306 valence electrons. The van der Waals surface area contributed by atoms with Gasteiger partial charge in [-0.1, -0.05) is 209 Å². The zero-order chi connectivity index (χ0) is 38.6. The summed E-state index contributed by atoms with van der Waals surface area (Å²) in [6.45, 7) is 4.17. The Kier molecular flexibility index (Phi) is 42.4. The summed E-state index contributed by atoms with van der Waals surface area (Å²) < 4.78 is 0. The molecule has 0 aromatic heterocycles. The number of nitrogens with one attached hydrogen (secondary N) is 1. The Balaban J connectivity index is 3.57. The van der Waals surface area contributed by atoms with Gasteiger partial charge in [-0.25, -0.2) is 0 Å². The standard InChI is InChI=1S/C49H87NO3/c1-3-5-7-9-11-13-15-17-19-20-21-22-23-24-25-26-27-28-29-30-31-33-35-37-39-41-43-45-49(53)50-47(46-51)48(52)44-42-40-38-36-34-32-18-16-14-12-10-8-6-4-2/h5,7,11,13,17,19,21-22,34,36,42,44,47-48,51-52H,3-4,6,8-10,12,14-16,18,20,23-33,35,37-41,43,45-46H2,1-2H3,(H,50,53)/b7-5-,13-11-,19-17-,22-21-,36-34+,44-42+. The van der Waals surface area contributed by atoms with E-state index in [9.17, 15) is 15.0 Å². The van der Waals surface area contributed by atoms with Crippen molar-refractivity contribution in [1.29, 1.82) is 0 Å². The predicted molar refractivity (Wildman–Crippen MR) is 234 cm³/mol. The number of hydrogen-bond donors (Lipinski definition) is 3. The maximum absolute atomic E-state index is 12.4. The molecule has 1 amide bonds. The number of amides is 1. The van der Waals surface area contributed by atoms with Gasteiger partial charge in [0.25, 0.3) is 0 Å². The average Bonchev–Trinajstić information content (AvgIpc) is 3.16. The first-order valence-electron chi connectivity index (χ1n) is 22.7. The summed E-state index contributed by atoms with van der Waals surface area (Å²) in [4.78, 5) is 12.4. The van der Waals surface area contributed by atoms with Crippen LogP contribution >= 0.6 is 0 Å². The Morgan fingerprint density at radius 3 is 1.32 bits per heavy atom. The number of aliphatic hydroxyl groups is 2. The third-order valence-corrected chi connectivity index (χ3v) is 9.92. The van der Waals surface area contributed by atoms with E-state index in [1.54, 1.807) is 6.08 Å². The van der Waals surface area contributed by atoms with Gasteiger partial charge in [0.1, 0.15) is 0 Å². The van der Waals surface area contributed by atoms with Crippen molar-refractivity contribution in [3.63, 3.8) is 0 Å². The maximum atomic E-state index is 12.4. The van der Waals surface area contributed by atoms with Gasteiger partial charge in [-0.3, -0.25) is 4.79 Å². The molecule has 0 saturated carbocycles. The van der Waals surface area contributed by atoms with Crippen LogP contribution in [-0.2, 0) is 4.79 Å². The molecule has 0 saturated heterocycles. The van der Waals surface area contributed by atoms with Crippen LogP contribution in [0.25, 0.3) is 0 Å². The van der Waals surface area contributed by atoms with Crippen molar-refractivity contribution in [3.8, 4) is 0 Å². The first kappa shape index (κ1) is 50.8. The molecule has 2 atom stereocenters. The molecule has 0 bridgehead atoms. The minimum Gasteiger partial charge on any atom is -0.394 e. The molecule has 4 nitrogen and oxygen atoms in total. The molecule has 0 rings (SSSR count). The van der Waals surface area contributed by atoms with Crippen LogP contribution in [0.5, 0.6) is 0 Å². The van der Waals surface area contributed by atoms with E-state index in [2.05, 4.69) is 79.9 Å². The van der Waals surface area contributed by atoms with E-state index in [4.69, 9.17) is 0 Å². The van der Waals surface area contributed by atoms with E-state index < -0.39 is 12.1 Å². The Hall–Kier alpha value is -2.17. The lowest BCUT2D eigenvalue weighted by Gasteiger charge is -2.19. The van der Waals surface area contributed by atoms with Gasteiger partial charge in [-0.05, 0) is 70.6 Å². The van der Waals surface area contributed by atoms with E-state index in [0.29, 0.717) is 6.42 Å². The van der Waals surface area contributed by atoms with Crippen LogP contribution in [0.3, 0.4) is 0 Å². The van der Waals surface area contributed by atoms with Crippen LogP contribution in [0.1, 0.15) is 213 Å². The Morgan fingerprint density at radius 1 is 0.472 bits per heavy atom. The van der Waals surface area contributed by atoms with Crippen molar-refractivity contribution < 1.29 is 15.0 Å². The van der Waals surface area contributed by atoms with Gasteiger partial charge in [0, 0.05) is 6.42 Å². The van der Waals surface area contributed by atoms with Gasteiger partial charge < -0.3 is 15.5 Å². The zero-order valence-electron chi connectivity index (χ0n) is 35.0. The fourth-order valence-corrected chi connectivity index (χ4v) is 6.48. The highest BCUT2D eigenvalue weighted by Crippen LogP contribution is 2.14. The number of aliphatic hydroxyl groups excluding tert-OH is 2. The average molecular weight is 738 g/mol. The summed E-state index contributed by atoms with van der Waals surface area (Å²) in [6.07, 6.45) is 63.0. The van der Waals surface area contributed by atoms with Crippen LogP contribution in [0, 0.1) is 0 Å². The van der Waals surface area contributed by atoms with Gasteiger partial charge >= 0.3 is 0 Å². The summed E-state index contributed by atoms with van der Waals surface area (Å²) in [7, 11) is 0. The van der Waals surface area contributed by atoms with Crippen LogP contribution in [0.2, 0.25) is 0 Å². The molecular formula is C49H87NO3. The number of carbonyl (C=O) groups excluding carboxylic acids is 1. The normalized spacial score (nSPS) is 13.7. The van der Waals surface area contributed by atoms with Gasteiger partial charge in [0.15, 0.2) is 0 Å². The summed E-state index contributed by atoms with van der Waals surface area (Å²) in [5.74, 6) is -0.0775. The number of hydrogen-bond acceptors (Lipinski definition) is 3. The van der Waals surface area contributed by atoms with Gasteiger partial charge in [0.2, 0.25) is 5.91 Å². The largest absolute Gasteiger partial charge is 0.394 e. The number of unbranched alkanes of at least 4 members (excludes halogenated alkanes) is 23. The van der Waals surface area contributed by atoms with Crippen molar-refractivity contribution in [2.45, 2.75) is 225 Å². The van der Waals surface area contributed by atoms with Crippen LogP contribution in [0.15, 0.2) is 72.9 Å². The molecule has 0 aliphatic rings. The molecule has 0 heterocycles. The lowest BCUT2D eigenvalue weighted by atomic mass is 10.0. The second-order valence-electron chi connectivity index (χ2n) is 15.1. The summed E-state index contributed by atoms with van der Waals surface area (Å²) >= 11 is 0. The SMILES string of the molecule is CC/C=C\C/C=C\C/C=C\C/C=C\CCCCCCCCCCCCCCCCC(=O)NC(CO)C(O)/C=C/CC/C=C/CCCCCCCCCC. The van der Waals surface area contributed by atoms with Crippen LogP contribution < -0.4 is 5.32 Å². The van der Waals surface area contributed by atoms with Crippen LogP contribution in [-0.4, -0.2) is 34.9 Å². The topological polar surface area (TPSA) is 69.6 Å². The molecule has 0 fully saturated rings. The molecule has 0 aromatic rings. The molecule has 53 heavy (non-hydrogen) atoms. The molecule has 0 aliphatic carbocycles. The predicted octanol–water partition coefficient (Wildman–Crippen LogP) is 14.3. The van der Waals surface area contributed by atoms with E-state index in [0.717, 1.165) is 57.8 Å². The maximum Gasteiger partial charge on any atom is 0.220 e. The van der Waals surface area contributed by atoms with Crippen molar-refractivity contribution >= 4 is 5.91 Å². The monoisotopic (exact) mass is 738 g/mol. The van der Waals surface area contributed by atoms with Gasteiger partial charge in [0.05, 0.1) is 18.8 Å². The smallest absolute Gasteiger partial charge is 0.220 e. The first-order valence-corrected chi connectivity index (χ1v) is 22.7. The highest BCUT2D eigenvalue weighted by Gasteiger charge is 2.17. The quantitative estimate of drug-likeness (QED) is 0.0433. The number of rotatable bonds is 40.